The van der Waals surface area contributed by atoms with E-state index in [-0.39, 0.29) is 0 Å². The maximum absolute atomic E-state index is 5.83. The van der Waals surface area contributed by atoms with E-state index >= 15 is 0 Å². The van der Waals surface area contributed by atoms with E-state index in [4.69, 9.17) is 16.3 Å². The largest absolute Gasteiger partial charge is 0.490 e. The van der Waals surface area contributed by atoms with Crippen molar-refractivity contribution < 1.29 is 4.74 Å². The maximum atomic E-state index is 5.83. The van der Waals surface area contributed by atoms with Gasteiger partial charge in [-0.1, -0.05) is 11.6 Å². The second-order valence-corrected chi connectivity index (χ2v) is 4.07. The van der Waals surface area contributed by atoms with Crippen LogP contribution in [0.3, 0.4) is 0 Å². The highest BCUT2D eigenvalue weighted by Crippen LogP contribution is 2.23. The number of hydrogen-bond acceptors (Lipinski definition) is 1. The summed E-state index contributed by atoms with van der Waals surface area (Å²) in [5.74, 6) is 0.932. The van der Waals surface area contributed by atoms with Crippen LogP contribution in [0.15, 0.2) is 24.3 Å². The lowest BCUT2D eigenvalue weighted by Gasteiger charge is -2.22. The van der Waals surface area contributed by atoms with Gasteiger partial charge < -0.3 is 4.74 Å². The number of rotatable bonds is 2. The molecule has 0 spiro atoms. The van der Waals surface area contributed by atoms with Crippen LogP contribution in [0.1, 0.15) is 25.7 Å². The Balaban J connectivity index is 1.92. The van der Waals surface area contributed by atoms with Crippen molar-refractivity contribution in [1.29, 1.82) is 0 Å². The van der Waals surface area contributed by atoms with Crippen LogP contribution in [0.4, 0.5) is 0 Å². The van der Waals surface area contributed by atoms with E-state index in [1.165, 1.54) is 12.8 Å². The Labute approximate surface area is 90.0 Å². The fourth-order valence-electron chi connectivity index (χ4n) is 1.72. The Bertz CT molecular complexity index is 275. The Kier molecular flexibility index (Phi) is 3.30. The summed E-state index contributed by atoms with van der Waals surface area (Å²) in [6.45, 7) is 0. The number of halogens is 1. The molecule has 0 saturated heterocycles. The predicted molar refractivity (Wildman–Crippen MR) is 58.6 cm³/mol. The molecule has 14 heavy (non-hydrogen) atoms. The molecule has 0 atom stereocenters. The van der Waals surface area contributed by atoms with E-state index in [9.17, 15) is 0 Å². The lowest BCUT2D eigenvalue weighted by Crippen LogP contribution is -2.19. The van der Waals surface area contributed by atoms with Gasteiger partial charge in [0.1, 0.15) is 5.75 Å². The molecule has 1 fully saturated rings. The molecule has 0 bridgehead atoms. The fraction of sp³-hybridized carbons (Fsp3) is 0.417. The van der Waals surface area contributed by atoms with Crippen LogP contribution in [0.5, 0.6) is 5.75 Å². The summed E-state index contributed by atoms with van der Waals surface area (Å²) in [5, 5.41) is 0.759. The standard InChI is InChI=1S/C12H14ClO/c13-10-6-8-12(9-7-10)14-11-4-2-1-3-5-11/h1,6-9,11H,2-5H2. The van der Waals surface area contributed by atoms with Crippen LogP contribution in [0, 0.1) is 6.42 Å². The molecule has 1 aliphatic carbocycles. The molecular weight excluding hydrogens is 196 g/mol. The van der Waals surface area contributed by atoms with Crippen LogP contribution in [-0.4, -0.2) is 6.10 Å². The molecule has 1 aromatic rings. The van der Waals surface area contributed by atoms with Crippen molar-refractivity contribution in [2.24, 2.45) is 0 Å². The molecule has 1 aromatic carbocycles. The first-order chi connectivity index (χ1) is 6.84. The quantitative estimate of drug-likeness (QED) is 0.719. The summed E-state index contributed by atoms with van der Waals surface area (Å²) in [7, 11) is 0. The van der Waals surface area contributed by atoms with Crippen molar-refractivity contribution in [2.75, 3.05) is 0 Å². The highest BCUT2D eigenvalue weighted by molar-refractivity contribution is 6.30. The van der Waals surface area contributed by atoms with Crippen molar-refractivity contribution in [2.45, 2.75) is 31.8 Å². The molecule has 0 unspecified atom stereocenters. The summed E-state index contributed by atoms with van der Waals surface area (Å²) in [5.41, 5.74) is 0. The molecule has 1 aliphatic rings. The van der Waals surface area contributed by atoms with E-state index in [0.717, 1.165) is 23.6 Å². The number of ether oxygens (including phenoxy) is 1. The first-order valence-electron chi connectivity index (χ1n) is 5.08. The van der Waals surface area contributed by atoms with Crippen molar-refractivity contribution >= 4 is 11.6 Å². The molecule has 0 aromatic heterocycles. The summed E-state index contributed by atoms with van der Waals surface area (Å²) < 4.78 is 5.83. The Hall–Kier alpha value is -0.690. The molecule has 1 nitrogen and oxygen atoms in total. The van der Waals surface area contributed by atoms with Crippen molar-refractivity contribution in [3.8, 4) is 5.75 Å². The smallest absolute Gasteiger partial charge is 0.119 e. The molecule has 2 heteroatoms. The third kappa shape index (κ3) is 2.65. The second kappa shape index (κ2) is 4.70. The van der Waals surface area contributed by atoms with Crippen LogP contribution >= 0.6 is 11.6 Å². The minimum absolute atomic E-state index is 0.390. The molecule has 1 radical (unpaired) electrons. The lowest BCUT2D eigenvalue weighted by atomic mass is 9.98. The molecule has 0 N–H and O–H groups in total. The van der Waals surface area contributed by atoms with Crippen LogP contribution in [0.25, 0.3) is 0 Å². The van der Waals surface area contributed by atoms with Gasteiger partial charge in [-0.15, -0.1) is 0 Å². The van der Waals surface area contributed by atoms with Crippen LogP contribution < -0.4 is 4.74 Å². The van der Waals surface area contributed by atoms with Gasteiger partial charge in [0.2, 0.25) is 0 Å². The predicted octanol–water partition coefficient (Wildman–Crippen LogP) is 3.87. The second-order valence-electron chi connectivity index (χ2n) is 3.64. The minimum atomic E-state index is 0.390. The topological polar surface area (TPSA) is 9.23 Å². The van der Waals surface area contributed by atoms with Crippen molar-refractivity contribution in [3.05, 3.63) is 35.7 Å². The summed E-state index contributed by atoms with van der Waals surface area (Å²) in [4.78, 5) is 0. The Morgan fingerprint density at radius 2 is 1.71 bits per heavy atom. The molecule has 2 rings (SSSR count). The first kappa shape index (κ1) is 9.85. The van der Waals surface area contributed by atoms with Gasteiger partial charge in [-0.05, 0) is 56.4 Å². The highest BCUT2D eigenvalue weighted by atomic mass is 35.5. The monoisotopic (exact) mass is 209 g/mol. The van der Waals surface area contributed by atoms with E-state index in [1.54, 1.807) is 0 Å². The van der Waals surface area contributed by atoms with Crippen molar-refractivity contribution in [3.63, 3.8) is 0 Å². The summed E-state index contributed by atoms with van der Waals surface area (Å²) in [6.07, 6.45) is 7.37. The zero-order valence-electron chi connectivity index (χ0n) is 8.08. The van der Waals surface area contributed by atoms with Gasteiger partial charge in [-0.3, -0.25) is 0 Å². The zero-order chi connectivity index (χ0) is 9.80. The fourth-order valence-corrected chi connectivity index (χ4v) is 1.85. The minimum Gasteiger partial charge on any atom is -0.490 e. The Morgan fingerprint density at radius 3 is 2.36 bits per heavy atom. The molecule has 1 saturated carbocycles. The number of benzene rings is 1. The normalized spacial score (nSPS) is 18.1. The van der Waals surface area contributed by atoms with Gasteiger partial charge >= 0.3 is 0 Å². The van der Waals surface area contributed by atoms with Gasteiger partial charge in [0.25, 0.3) is 0 Å². The average Bonchev–Trinajstić information content (AvgIpc) is 2.23. The van der Waals surface area contributed by atoms with E-state index in [0.29, 0.717) is 6.10 Å². The van der Waals surface area contributed by atoms with Gasteiger partial charge in [0.15, 0.2) is 0 Å². The summed E-state index contributed by atoms with van der Waals surface area (Å²) >= 11 is 5.79. The third-order valence-electron chi connectivity index (χ3n) is 2.50. The zero-order valence-corrected chi connectivity index (χ0v) is 8.83. The van der Waals surface area contributed by atoms with E-state index in [2.05, 4.69) is 6.42 Å². The molecule has 0 heterocycles. The van der Waals surface area contributed by atoms with Gasteiger partial charge in [-0.25, -0.2) is 0 Å². The average molecular weight is 210 g/mol. The SMILES string of the molecule is Clc1ccc(OC2CC[CH]CC2)cc1. The van der Waals surface area contributed by atoms with Gasteiger partial charge in [-0.2, -0.15) is 0 Å². The molecule has 0 aliphatic heterocycles. The van der Waals surface area contributed by atoms with Gasteiger partial charge in [0.05, 0.1) is 6.10 Å². The van der Waals surface area contributed by atoms with Crippen LogP contribution in [-0.2, 0) is 0 Å². The molecular formula is C12H14ClO. The number of hydrogen-bond donors (Lipinski definition) is 0. The molecule has 75 valence electrons. The molecule has 0 amide bonds. The van der Waals surface area contributed by atoms with Crippen molar-refractivity contribution in [1.82, 2.24) is 0 Å². The maximum Gasteiger partial charge on any atom is 0.119 e. The lowest BCUT2D eigenvalue weighted by molar-refractivity contribution is 0.168. The Morgan fingerprint density at radius 1 is 1.07 bits per heavy atom. The van der Waals surface area contributed by atoms with E-state index < -0.39 is 0 Å². The third-order valence-corrected chi connectivity index (χ3v) is 2.75. The van der Waals surface area contributed by atoms with E-state index in [1.807, 2.05) is 24.3 Å². The first-order valence-corrected chi connectivity index (χ1v) is 5.46. The van der Waals surface area contributed by atoms with Gasteiger partial charge in [0, 0.05) is 5.02 Å². The highest BCUT2D eigenvalue weighted by Gasteiger charge is 2.14. The summed E-state index contributed by atoms with van der Waals surface area (Å²) in [6, 6.07) is 7.60. The van der Waals surface area contributed by atoms with Crippen LogP contribution in [0.2, 0.25) is 5.02 Å².